The normalized spacial score (nSPS) is 11.3. The maximum atomic E-state index is 12.3. The Morgan fingerprint density at radius 3 is 2.29 bits per heavy atom. The van der Waals surface area contributed by atoms with Crippen molar-refractivity contribution in [2.75, 3.05) is 29.4 Å². The van der Waals surface area contributed by atoms with Crippen LogP contribution in [0, 0.1) is 13.8 Å². The molecule has 0 unspecified atom stereocenters. The zero-order valence-electron chi connectivity index (χ0n) is 16.2. The number of benzene rings is 2. The number of para-hydroxylation sites is 1. The highest BCUT2D eigenvalue weighted by Gasteiger charge is 2.23. The van der Waals surface area contributed by atoms with Gasteiger partial charge in [0, 0.05) is 23.1 Å². The minimum atomic E-state index is -3.58. The van der Waals surface area contributed by atoms with Crippen molar-refractivity contribution in [1.82, 2.24) is 5.32 Å². The molecular formula is C20H25ClN2O3S2. The molecule has 1 amide bonds. The van der Waals surface area contributed by atoms with Crippen molar-refractivity contribution in [3.63, 3.8) is 0 Å². The highest BCUT2D eigenvalue weighted by atomic mass is 35.5. The number of nitrogens with zero attached hydrogens (tertiary/aromatic N) is 1. The zero-order chi connectivity index (χ0) is 20.7. The molecule has 0 radical (unpaired) electrons. The van der Waals surface area contributed by atoms with Crippen LogP contribution >= 0.6 is 23.4 Å². The van der Waals surface area contributed by atoms with Crippen LogP contribution in [0.5, 0.6) is 0 Å². The number of sulfonamides is 1. The Balaban J connectivity index is 1.88. The lowest BCUT2D eigenvalue weighted by molar-refractivity contribution is -0.119. The van der Waals surface area contributed by atoms with E-state index in [0.717, 1.165) is 28.9 Å². The van der Waals surface area contributed by atoms with Gasteiger partial charge in [0.1, 0.15) is 6.54 Å². The van der Waals surface area contributed by atoms with Gasteiger partial charge in [0.2, 0.25) is 15.9 Å². The van der Waals surface area contributed by atoms with E-state index >= 15 is 0 Å². The topological polar surface area (TPSA) is 66.5 Å². The van der Waals surface area contributed by atoms with Gasteiger partial charge in [0.15, 0.2) is 0 Å². The molecule has 0 saturated heterocycles. The summed E-state index contributed by atoms with van der Waals surface area (Å²) in [6.07, 6.45) is 1.12. The molecule has 8 heteroatoms. The predicted octanol–water partition coefficient (Wildman–Crippen LogP) is 3.77. The number of aryl methyl sites for hydroxylation is 2. The van der Waals surface area contributed by atoms with Crippen LogP contribution in [0.15, 0.2) is 42.5 Å². The van der Waals surface area contributed by atoms with E-state index in [4.69, 9.17) is 11.6 Å². The summed E-state index contributed by atoms with van der Waals surface area (Å²) in [5.41, 5.74) is 3.37. The maximum absolute atomic E-state index is 12.3. The molecule has 0 heterocycles. The summed E-state index contributed by atoms with van der Waals surface area (Å²) < 4.78 is 25.7. The second kappa shape index (κ2) is 10.2. The number of carbonyl (C=O) groups is 1. The number of anilines is 1. The highest BCUT2D eigenvalue weighted by molar-refractivity contribution is 7.98. The van der Waals surface area contributed by atoms with Crippen molar-refractivity contribution in [3.8, 4) is 0 Å². The SMILES string of the molecule is Cc1cccc(C)c1N(CC(=O)NCCSCc1ccc(Cl)cc1)S(C)(=O)=O. The second-order valence-electron chi connectivity index (χ2n) is 6.54. The molecule has 0 fully saturated rings. The number of thioether (sulfide) groups is 1. The van der Waals surface area contributed by atoms with Crippen molar-refractivity contribution >= 4 is 45.0 Å². The Morgan fingerprint density at radius 2 is 1.71 bits per heavy atom. The molecule has 2 rings (SSSR count). The number of hydrogen-bond donors (Lipinski definition) is 1. The number of rotatable bonds is 9. The van der Waals surface area contributed by atoms with E-state index < -0.39 is 10.0 Å². The molecule has 0 aliphatic carbocycles. The molecule has 152 valence electrons. The molecular weight excluding hydrogens is 416 g/mol. The molecule has 28 heavy (non-hydrogen) atoms. The van der Waals surface area contributed by atoms with Gasteiger partial charge in [0.05, 0.1) is 11.9 Å². The lowest BCUT2D eigenvalue weighted by Gasteiger charge is -2.25. The maximum Gasteiger partial charge on any atom is 0.240 e. The molecule has 0 bridgehead atoms. The Hall–Kier alpha value is -1.70. The van der Waals surface area contributed by atoms with Crippen LogP contribution in [0.3, 0.4) is 0 Å². The van der Waals surface area contributed by atoms with Crippen LogP contribution in [-0.4, -0.2) is 39.4 Å². The van der Waals surface area contributed by atoms with Crippen molar-refractivity contribution in [3.05, 3.63) is 64.2 Å². The van der Waals surface area contributed by atoms with Crippen LogP contribution in [0.1, 0.15) is 16.7 Å². The van der Waals surface area contributed by atoms with E-state index in [9.17, 15) is 13.2 Å². The highest BCUT2D eigenvalue weighted by Crippen LogP contribution is 2.26. The summed E-state index contributed by atoms with van der Waals surface area (Å²) >= 11 is 7.56. The Bertz CT molecular complexity index is 895. The Morgan fingerprint density at radius 1 is 1.11 bits per heavy atom. The number of hydrogen-bond acceptors (Lipinski definition) is 4. The zero-order valence-corrected chi connectivity index (χ0v) is 18.6. The number of carbonyl (C=O) groups excluding carboxylic acids is 1. The van der Waals surface area contributed by atoms with Gasteiger partial charge in [-0.3, -0.25) is 9.10 Å². The number of nitrogens with one attached hydrogen (secondary N) is 1. The van der Waals surface area contributed by atoms with Crippen molar-refractivity contribution in [2.45, 2.75) is 19.6 Å². The fourth-order valence-corrected chi connectivity index (χ4v) is 4.70. The van der Waals surface area contributed by atoms with Gasteiger partial charge in [-0.15, -0.1) is 0 Å². The Kier molecular flexibility index (Phi) is 8.22. The van der Waals surface area contributed by atoms with Gasteiger partial charge in [0.25, 0.3) is 0 Å². The second-order valence-corrected chi connectivity index (χ2v) is 9.99. The summed E-state index contributed by atoms with van der Waals surface area (Å²) in [4.78, 5) is 12.3. The minimum absolute atomic E-state index is 0.230. The van der Waals surface area contributed by atoms with Crippen molar-refractivity contribution < 1.29 is 13.2 Å². The minimum Gasteiger partial charge on any atom is -0.354 e. The van der Waals surface area contributed by atoms with E-state index in [1.54, 1.807) is 11.8 Å². The van der Waals surface area contributed by atoms with Gasteiger partial charge in [-0.2, -0.15) is 11.8 Å². The van der Waals surface area contributed by atoms with E-state index in [-0.39, 0.29) is 12.5 Å². The predicted molar refractivity (Wildman–Crippen MR) is 119 cm³/mol. The Labute approximate surface area is 176 Å². The molecule has 0 spiro atoms. The molecule has 2 aromatic rings. The molecule has 0 aliphatic heterocycles. The van der Waals surface area contributed by atoms with Gasteiger partial charge < -0.3 is 5.32 Å². The van der Waals surface area contributed by atoms with E-state index in [1.165, 1.54) is 9.87 Å². The first-order valence-electron chi connectivity index (χ1n) is 8.81. The average Bonchev–Trinajstić information content (AvgIpc) is 2.61. The molecule has 0 saturated carbocycles. The van der Waals surface area contributed by atoms with Gasteiger partial charge >= 0.3 is 0 Å². The summed E-state index contributed by atoms with van der Waals surface area (Å²) in [6.45, 7) is 3.92. The van der Waals surface area contributed by atoms with Crippen LogP contribution in [0.4, 0.5) is 5.69 Å². The third kappa shape index (κ3) is 6.72. The standard InChI is InChI=1S/C20H25ClN2O3S2/c1-15-5-4-6-16(2)20(15)23(28(3,25)26)13-19(24)22-11-12-27-14-17-7-9-18(21)10-8-17/h4-10H,11-14H2,1-3H3,(H,22,24). The third-order valence-electron chi connectivity index (χ3n) is 4.13. The monoisotopic (exact) mass is 440 g/mol. The first-order valence-corrected chi connectivity index (χ1v) is 12.2. The number of amides is 1. The average molecular weight is 441 g/mol. The third-order valence-corrected chi connectivity index (χ3v) is 6.52. The van der Waals surface area contributed by atoms with Crippen molar-refractivity contribution in [1.29, 1.82) is 0 Å². The van der Waals surface area contributed by atoms with Crippen LogP contribution in [-0.2, 0) is 20.6 Å². The smallest absolute Gasteiger partial charge is 0.240 e. The van der Waals surface area contributed by atoms with E-state index in [0.29, 0.717) is 17.3 Å². The first-order chi connectivity index (χ1) is 13.2. The summed E-state index contributed by atoms with van der Waals surface area (Å²) in [5, 5.41) is 3.51. The van der Waals surface area contributed by atoms with Crippen LogP contribution < -0.4 is 9.62 Å². The molecule has 0 atom stereocenters. The van der Waals surface area contributed by atoms with Gasteiger partial charge in [-0.25, -0.2) is 8.42 Å². The molecule has 1 N–H and O–H groups in total. The molecule has 0 aliphatic rings. The summed E-state index contributed by atoms with van der Waals surface area (Å²) in [5.74, 6) is 1.24. The number of halogens is 1. The quantitative estimate of drug-likeness (QED) is 0.602. The fraction of sp³-hybridized carbons (Fsp3) is 0.350. The van der Waals surface area contributed by atoms with Gasteiger partial charge in [-0.05, 0) is 42.7 Å². The van der Waals surface area contributed by atoms with E-state index in [1.807, 2.05) is 56.3 Å². The van der Waals surface area contributed by atoms with Gasteiger partial charge in [-0.1, -0.05) is 41.9 Å². The van der Waals surface area contributed by atoms with Crippen molar-refractivity contribution in [2.24, 2.45) is 0 Å². The van der Waals surface area contributed by atoms with Crippen LogP contribution in [0.2, 0.25) is 5.02 Å². The van der Waals surface area contributed by atoms with Crippen LogP contribution in [0.25, 0.3) is 0 Å². The largest absolute Gasteiger partial charge is 0.354 e. The summed E-state index contributed by atoms with van der Waals surface area (Å²) in [7, 11) is -3.58. The summed E-state index contributed by atoms with van der Waals surface area (Å²) in [6, 6.07) is 13.2. The lowest BCUT2D eigenvalue weighted by atomic mass is 10.1. The first kappa shape index (κ1) is 22.6. The molecule has 2 aromatic carbocycles. The lowest BCUT2D eigenvalue weighted by Crippen LogP contribution is -2.41. The van der Waals surface area contributed by atoms with E-state index in [2.05, 4.69) is 5.32 Å². The fourth-order valence-electron chi connectivity index (χ4n) is 2.78. The molecule has 5 nitrogen and oxygen atoms in total. The molecule has 0 aromatic heterocycles.